The molecule has 1 heterocycles. The summed E-state index contributed by atoms with van der Waals surface area (Å²) in [6.07, 6.45) is 3.07. The molecule has 1 aliphatic rings. The molecule has 0 radical (unpaired) electrons. The third kappa shape index (κ3) is 4.67. The van der Waals surface area contributed by atoms with E-state index in [1.165, 1.54) is 16.4 Å². The molecule has 0 aromatic heterocycles. The second-order valence-electron chi connectivity index (χ2n) is 6.44. The summed E-state index contributed by atoms with van der Waals surface area (Å²) in [5, 5.41) is 2.75. The molecule has 2 aromatic carbocycles. The Morgan fingerprint density at radius 2 is 1.78 bits per heavy atom. The Labute approximate surface area is 160 Å². The lowest BCUT2D eigenvalue weighted by molar-refractivity contribution is -0.115. The van der Waals surface area contributed by atoms with Crippen LogP contribution in [0.5, 0.6) is 11.5 Å². The van der Waals surface area contributed by atoms with Gasteiger partial charge < -0.3 is 10.1 Å². The monoisotopic (exact) mass is 388 g/mol. The lowest BCUT2D eigenvalue weighted by Gasteiger charge is -2.26. The Bertz CT molecular complexity index is 891. The van der Waals surface area contributed by atoms with E-state index in [0.717, 1.165) is 19.3 Å². The van der Waals surface area contributed by atoms with Gasteiger partial charge in [-0.05, 0) is 43.2 Å². The molecular formula is C20H24N2O4S. The predicted molar refractivity (Wildman–Crippen MR) is 104 cm³/mol. The summed E-state index contributed by atoms with van der Waals surface area (Å²) in [6, 6.07) is 13.8. The third-order valence-electron chi connectivity index (χ3n) is 4.47. The molecule has 6 nitrogen and oxygen atoms in total. The number of nitrogens with one attached hydrogen (secondary N) is 1. The summed E-state index contributed by atoms with van der Waals surface area (Å²) >= 11 is 0. The smallest absolute Gasteiger partial charge is 0.243 e. The first kappa shape index (κ1) is 19.4. The van der Waals surface area contributed by atoms with Crippen LogP contribution >= 0.6 is 0 Å². The Morgan fingerprint density at radius 3 is 2.44 bits per heavy atom. The molecule has 0 spiro atoms. The topological polar surface area (TPSA) is 75.7 Å². The number of carbonyl (C=O) groups excluding carboxylic acids is 1. The Balaban J connectivity index is 1.94. The number of ether oxygens (including phenoxy) is 1. The van der Waals surface area contributed by atoms with E-state index in [-0.39, 0.29) is 17.2 Å². The number of sulfonamides is 1. The van der Waals surface area contributed by atoms with Gasteiger partial charge in [0.05, 0.1) is 10.6 Å². The molecular weight excluding hydrogens is 364 g/mol. The van der Waals surface area contributed by atoms with Gasteiger partial charge in [-0.25, -0.2) is 8.42 Å². The van der Waals surface area contributed by atoms with E-state index in [1.807, 2.05) is 18.2 Å². The minimum atomic E-state index is -3.59. The molecule has 7 heteroatoms. The van der Waals surface area contributed by atoms with Gasteiger partial charge in [0.2, 0.25) is 15.9 Å². The van der Waals surface area contributed by atoms with Crippen LogP contribution in [0.2, 0.25) is 0 Å². The van der Waals surface area contributed by atoms with Crippen LogP contribution < -0.4 is 10.1 Å². The van der Waals surface area contributed by atoms with Gasteiger partial charge in [0.1, 0.15) is 5.75 Å². The van der Waals surface area contributed by atoms with E-state index in [0.29, 0.717) is 30.3 Å². The van der Waals surface area contributed by atoms with Crippen molar-refractivity contribution >= 4 is 21.6 Å². The molecule has 3 rings (SSSR count). The van der Waals surface area contributed by atoms with Crippen molar-refractivity contribution in [2.24, 2.45) is 0 Å². The number of nitrogens with zero attached hydrogens (tertiary/aromatic N) is 1. The zero-order chi connectivity index (χ0) is 19.3. The van der Waals surface area contributed by atoms with Gasteiger partial charge in [-0.15, -0.1) is 0 Å². The number of piperidine rings is 1. The third-order valence-corrected chi connectivity index (χ3v) is 6.36. The van der Waals surface area contributed by atoms with Crippen molar-refractivity contribution in [2.75, 3.05) is 18.4 Å². The zero-order valence-electron chi connectivity index (χ0n) is 15.3. The van der Waals surface area contributed by atoms with Crippen LogP contribution in [0.3, 0.4) is 0 Å². The lowest BCUT2D eigenvalue weighted by atomic mass is 10.2. The average Bonchev–Trinajstić information content (AvgIpc) is 2.70. The number of hydrogen-bond acceptors (Lipinski definition) is 4. The van der Waals surface area contributed by atoms with E-state index in [9.17, 15) is 13.2 Å². The lowest BCUT2D eigenvalue weighted by Crippen LogP contribution is -2.35. The van der Waals surface area contributed by atoms with Crippen molar-refractivity contribution in [1.82, 2.24) is 4.31 Å². The molecule has 1 fully saturated rings. The maximum atomic E-state index is 12.9. The van der Waals surface area contributed by atoms with Gasteiger partial charge >= 0.3 is 0 Å². The van der Waals surface area contributed by atoms with Gasteiger partial charge in [-0.1, -0.05) is 31.5 Å². The highest BCUT2D eigenvalue weighted by molar-refractivity contribution is 7.89. The fourth-order valence-corrected chi connectivity index (χ4v) is 4.51. The number of anilines is 1. The quantitative estimate of drug-likeness (QED) is 0.811. The summed E-state index contributed by atoms with van der Waals surface area (Å²) in [5.74, 6) is 0.803. The van der Waals surface area contributed by atoms with Crippen LogP contribution in [-0.4, -0.2) is 31.7 Å². The van der Waals surface area contributed by atoms with Crippen LogP contribution in [-0.2, 0) is 14.8 Å². The number of benzene rings is 2. The SMILES string of the molecule is CCC(=O)Nc1cc(S(=O)(=O)N2CCCCC2)ccc1Oc1ccccc1. The maximum Gasteiger partial charge on any atom is 0.243 e. The minimum absolute atomic E-state index is 0.163. The molecule has 0 unspecified atom stereocenters. The molecule has 27 heavy (non-hydrogen) atoms. The second-order valence-corrected chi connectivity index (χ2v) is 8.38. The van der Waals surface area contributed by atoms with Crippen molar-refractivity contribution in [3.8, 4) is 11.5 Å². The highest BCUT2D eigenvalue weighted by atomic mass is 32.2. The van der Waals surface area contributed by atoms with Crippen LogP contribution in [0.4, 0.5) is 5.69 Å². The normalized spacial score (nSPS) is 15.3. The van der Waals surface area contributed by atoms with Crippen molar-refractivity contribution in [3.05, 3.63) is 48.5 Å². The molecule has 2 aromatic rings. The highest BCUT2D eigenvalue weighted by Gasteiger charge is 2.27. The predicted octanol–water partition coefficient (Wildman–Crippen LogP) is 4.00. The Kier molecular flexibility index (Phi) is 6.13. The van der Waals surface area contributed by atoms with Gasteiger partial charge in [0.25, 0.3) is 0 Å². The Hall–Kier alpha value is -2.38. The number of carbonyl (C=O) groups is 1. The molecule has 1 aliphatic heterocycles. The highest BCUT2D eigenvalue weighted by Crippen LogP contribution is 2.33. The fraction of sp³-hybridized carbons (Fsp3) is 0.350. The van der Waals surface area contributed by atoms with Crippen LogP contribution in [0, 0.1) is 0 Å². The molecule has 0 bridgehead atoms. The number of amides is 1. The molecule has 1 N–H and O–H groups in total. The summed E-state index contributed by atoms with van der Waals surface area (Å²) in [7, 11) is -3.59. The first-order chi connectivity index (χ1) is 13.0. The fourth-order valence-electron chi connectivity index (χ4n) is 2.96. The standard InChI is InChI=1S/C20H24N2O4S/c1-2-20(23)21-18-15-17(27(24,25)22-13-7-4-8-14-22)11-12-19(18)26-16-9-5-3-6-10-16/h3,5-6,9-12,15H,2,4,7-8,13-14H2,1H3,(H,21,23). The van der Waals surface area contributed by atoms with Gasteiger partial charge in [-0.3, -0.25) is 4.79 Å². The van der Waals surface area contributed by atoms with E-state index >= 15 is 0 Å². The van der Waals surface area contributed by atoms with Crippen molar-refractivity contribution in [1.29, 1.82) is 0 Å². The van der Waals surface area contributed by atoms with E-state index in [4.69, 9.17) is 4.74 Å². The molecule has 144 valence electrons. The minimum Gasteiger partial charge on any atom is -0.455 e. The molecule has 1 amide bonds. The van der Waals surface area contributed by atoms with Crippen LogP contribution in [0.15, 0.2) is 53.4 Å². The van der Waals surface area contributed by atoms with E-state index in [2.05, 4.69) is 5.32 Å². The number of hydrogen-bond donors (Lipinski definition) is 1. The summed E-state index contributed by atoms with van der Waals surface area (Å²) in [6.45, 7) is 2.80. The molecule has 0 saturated carbocycles. The van der Waals surface area contributed by atoms with Gasteiger partial charge in [0.15, 0.2) is 5.75 Å². The van der Waals surface area contributed by atoms with Crippen molar-refractivity contribution in [2.45, 2.75) is 37.5 Å². The summed E-state index contributed by atoms with van der Waals surface area (Å²) in [4.78, 5) is 12.1. The molecule has 0 atom stereocenters. The molecule has 1 saturated heterocycles. The number of rotatable bonds is 6. The summed E-state index contributed by atoms with van der Waals surface area (Å²) in [5.41, 5.74) is 0.351. The van der Waals surface area contributed by atoms with Crippen LogP contribution in [0.25, 0.3) is 0 Å². The first-order valence-corrected chi connectivity index (χ1v) is 10.6. The van der Waals surface area contributed by atoms with Gasteiger partial charge in [0, 0.05) is 19.5 Å². The number of para-hydroxylation sites is 1. The van der Waals surface area contributed by atoms with Crippen molar-refractivity contribution < 1.29 is 17.9 Å². The molecule has 0 aliphatic carbocycles. The van der Waals surface area contributed by atoms with Crippen LogP contribution in [0.1, 0.15) is 32.6 Å². The first-order valence-electron chi connectivity index (χ1n) is 9.17. The van der Waals surface area contributed by atoms with Gasteiger partial charge in [-0.2, -0.15) is 4.31 Å². The second kappa shape index (κ2) is 8.54. The van der Waals surface area contributed by atoms with E-state index in [1.54, 1.807) is 25.1 Å². The van der Waals surface area contributed by atoms with Crippen molar-refractivity contribution in [3.63, 3.8) is 0 Å². The summed E-state index contributed by atoms with van der Waals surface area (Å²) < 4.78 is 33.2. The average molecular weight is 388 g/mol. The van der Waals surface area contributed by atoms with E-state index < -0.39 is 10.0 Å². The largest absolute Gasteiger partial charge is 0.455 e. The Morgan fingerprint density at radius 1 is 1.07 bits per heavy atom. The zero-order valence-corrected chi connectivity index (χ0v) is 16.2. The maximum absolute atomic E-state index is 12.9.